The van der Waals surface area contributed by atoms with Crippen molar-refractivity contribution in [3.63, 3.8) is 0 Å². The maximum atomic E-state index is 12.9. The smallest absolute Gasteiger partial charge is 0.306 e. The normalized spacial score (nSPS) is 12.7. The first-order chi connectivity index (χ1) is 39.0. The number of allylic oxidation sites excluding steroid dienone is 16. The fourth-order valence-corrected chi connectivity index (χ4v) is 9.48. The minimum atomic E-state index is -0.785. The van der Waals surface area contributed by atoms with E-state index in [1.165, 1.54) is 186 Å². The lowest BCUT2D eigenvalue weighted by Gasteiger charge is -2.18. The molecule has 0 aromatic carbocycles. The van der Waals surface area contributed by atoms with Gasteiger partial charge in [-0.1, -0.05) is 291 Å². The number of carbonyl (C=O) groups excluding carboxylic acids is 3. The summed E-state index contributed by atoms with van der Waals surface area (Å²) >= 11 is 0. The quantitative estimate of drug-likeness (QED) is 0.0261. The second-order valence-electron chi connectivity index (χ2n) is 22.3. The van der Waals surface area contributed by atoms with Crippen molar-refractivity contribution in [1.29, 1.82) is 0 Å². The third-order valence-corrected chi connectivity index (χ3v) is 14.5. The summed E-state index contributed by atoms with van der Waals surface area (Å²) in [5, 5.41) is 0. The Labute approximate surface area is 489 Å². The van der Waals surface area contributed by atoms with E-state index < -0.39 is 6.10 Å². The van der Waals surface area contributed by atoms with Crippen LogP contribution in [-0.2, 0) is 28.6 Å². The molecule has 454 valence electrons. The summed E-state index contributed by atoms with van der Waals surface area (Å²) in [6.45, 7) is 6.50. The summed E-state index contributed by atoms with van der Waals surface area (Å²) < 4.78 is 16.9. The summed E-state index contributed by atoms with van der Waals surface area (Å²) in [4.78, 5) is 38.3. The molecule has 0 amide bonds. The summed E-state index contributed by atoms with van der Waals surface area (Å²) in [7, 11) is 0. The molecule has 0 bridgehead atoms. The molecule has 6 heteroatoms. The highest BCUT2D eigenvalue weighted by molar-refractivity contribution is 5.71. The summed E-state index contributed by atoms with van der Waals surface area (Å²) in [5.41, 5.74) is 0. The SMILES string of the molecule is CC/C=C\C/C=C\C/C=C\C/C=C\CCCCCCCCCCCCC(=O)OC(COC(=O)CCCCCCC/C=C\CCCC)COC(=O)CCCCCCCCCCCCCC/C=C\C/C=C\C/C=C\CCCCCCC. The maximum Gasteiger partial charge on any atom is 0.306 e. The Balaban J connectivity index is 4.25. The Kier molecular flexibility index (Phi) is 63.7. The average molecular weight is 1100 g/mol. The van der Waals surface area contributed by atoms with Gasteiger partial charge in [0.15, 0.2) is 6.10 Å². The van der Waals surface area contributed by atoms with Gasteiger partial charge in [-0.25, -0.2) is 0 Å². The van der Waals surface area contributed by atoms with Crippen molar-refractivity contribution in [1.82, 2.24) is 0 Å². The van der Waals surface area contributed by atoms with Gasteiger partial charge in [0.25, 0.3) is 0 Å². The van der Waals surface area contributed by atoms with E-state index in [1.54, 1.807) is 0 Å². The van der Waals surface area contributed by atoms with Gasteiger partial charge in [0, 0.05) is 19.3 Å². The first-order valence-electron chi connectivity index (χ1n) is 33.7. The fourth-order valence-electron chi connectivity index (χ4n) is 9.48. The second-order valence-corrected chi connectivity index (χ2v) is 22.3. The summed E-state index contributed by atoms with van der Waals surface area (Å²) in [5.74, 6) is -0.887. The Morgan fingerprint density at radius 1 is 0.266 bits per heavy atom. The standard InChI is InChI=1S/C73H126O6/c1-4-7-10-13-16-19-22-24-26-28-30-32-34-35-36-37-39-40-42-44-46-48-51-54-57-60-63-66-72(75)78-69-70(68-77-71(74)65-62-59-56-53-50-21-18-15-12-9-6-3)79-73(76)67-64-61-58-55-52-49-47-45-43-41-38-33-31-29-27-25-23-20-17-14-11-8-5-2/h8,11,15,17-18,20,22,24-25,27-28,30-31,33-35,70H,4-7,9-10,12-14,16,19,21,23,26,29,32,36-69H2,1-3H3/b11-8-,18-15-,20-17-,24-22-,27-25-,30-28-,33-31-,35-34-. The van der Waals surface area contributed by atoms with E-state index in [1.807, 2.05) is 0 Å². The lowest BCUT2D eigenvalue weighted by molar-refractivity contribution is -0.167. The second kappa shape index (κ2) is 66.8. The van der Waals surface area contributed by atoms with Crippen LogP contribution in [0.4, 0.5) is 0 Å². The molecule has 0 spiro atoms. The fraction of sp³-hybridized carbons (Fsp3) is 0.740. The first kappa shape index (κ1) is 75.3. The van der Waals surface area contributed by atoms with E-state index in [0.29, 0.717) is 19.3 Å². The van der Waals surface area contributed by atoms with Gasteiger partial charge in [0.2, 0.25) is 0 Å². The lowest BCUT2D eigenvalue weighted by Crippen LogP contribution is -2.30. The predicted octanol–water partition coefficient (Wildman–Crippen LogP) is 23.2. The molecule has 0 saturated carbocycles. The molecule has 6 nitrogen and oxygen atoms in total. The minimum Gasteiger partial charge on any atom is -0.462 e. The monoisotopic (exact) mass is 1100 g/mol. The molecule has 0 aliphatic heterocycles. The van der Waals surface area contributed by atoms with Gasteiger partial charge in [-0.15, -0.1) is 0 Å². The largest absolute Gasteiger partial charge is 0.462 e. The lowest BCUT2D eigenvalue weighted by atomic mass is 10.0. The summed E-state index contributed by atoms with van der Waals surface area (Å²) in [6.07, 6.45) is 90.0. The molecule has 79 heavy (non-hydrogen) atoms. The number of rotatable bonds is 61. The van der Waals surface area contributed by atoms with Gasteiger partial charge in [0.05, 0.1) is 0 Å². The number of esters is 3. The van der Waals surface area contributed by atoms with E-state index >= 15 is 0 Å². The van der Waals surface area contributed by atoms with E-state index in [0.717, 1.165) is 103 Å². The van der Waals surface area contributed by atoms with Crippen molar-refractivity contribution in [2.45, 2.75) is 335 Å². The molecule has 0 rings (SSSR count). The highest BCUT2D eigenvalue weighted by Gasteiger charge is 2.19. The molecule has 0 saturated heterocycles. The van der Waals surface area contributed by atoms with E-state index in [-0.39, 0.29) is 31.1 Å². The Hall–Kier alpha value is -3.67. The third kappa shape index (κ3) is 65.0. The molecule has 0 fully saturated rings. The number of unbranched alkanes of at least 4 members (excludes halogenated alkanes) is 34. The van der Waals surface area contributed by atoms with Crippen LogP contribution in [-0.4, -0.2) is 37.2 Å². The van der Waals surface area contributed by atoms with Gasteiger partial charge < -0.3 is 14.2 Å². The average Bonchev–Trinajstić information content (AvgIpc) is 3.45. The van der Waals surface area contributed by atoms with Crippen molar-refractivity contribution >= 4 is 17.9 Å². The molecule has 0 aliphatic carbocycles. The van der Waals surface area contributed by atoms with Crippen molar-refractivity contribution in [2.24, 2.45) is 0 Å². The zero-order valence-electron chi connectivity index (χ0n) is 52.1. The highest BCUT2D eigenvalue weighted by Crippen LogP contribution is 2.17. The van der Waals surface area contributed by atoms with Gasteiger partial charge >= 0.3 is 17.9 Å². The van der Waals surface area contributed by atoms with Gasteiger partial charge in [-0.05, 0) is 116 Å². The molecule has 0 radical (unpaired) electrons. The third-order valence-electron chi connectivity index (χ3n) is 14.5. The Morgan fingerprint density at radius 3 is 0.823 bits per heavy atom. The van der Waals surface area contributed by atoms with Crippen molar-refractivity contribution in [2.75, 3.05) is 13.2 Å². The molecule has 0 N–H and O–H groups in total. The van der Waals surface area contributed by atoms with Crippen molar-refractivity contribution < 1.29 is 28.6 Å². The number of hydrogen-bond acceptors (Lipinski definition) is 6. The van der Waals surface area contributed by atoms with Crippen LogP contribution < -0.4 is 0 Å². The van der Waals surface area contributed by atoms with Crippen LogP contribution in [0.5, 0.6) is 0 Å². The molecule has 0 aliphatic rings. The van der Waals surface area contributed by atoms with Crippen LogP contribution in [0, 0.1) is 0 Å². The Bertz CT molecular complexity index is 1540. The number of hydrogen-bond donors (Lipinski definition) is 0. The molecular weight excluding hydrogens is 973 g/mol. The zero-order valence-corrected chi connectivity index (χ0v) is 52.1. The molecule has 1 atom stereocenters. The van der Waals surface area contributed by atoms with E-state index in [2.05, 4.69) is 118 Å². The Morgan fingerprint density at radius 2 is 0.506 bits per heavy atom. The van der Waals surface area contributed by atoms with Gasteiger partial charge in [-0.3, -0.25) is 14.4 Å². The van der Waals surface area contributed by atoms with Crippen molar-refractivity contribution in [3.05, 3.63) is 97.2 Å². The topological polar surface area (TPSA) is 78.9 Å². The maximum absolute atomic E-state index is 12.9. The van der Waals surface area contributed by atoms with Crippen LogP contribution in [0.2, 0.25) is 0 Å². The van der Waals surface area contributed by atoms with Crippen LogP contribution in [0.15, 0.2) is 97.2 Å². The van der Waals surface area contributed by atoms with Gasteiger partial charge in [0.1, 0.15) is 13.2 Å². The van der Waals surface area contributed by atoms with Gasteiger partial charge in [-0.2, -0.15) is 0 Å². The minimum absolute atomic E-state index is 0.0815. The predicted molar refractivity (Wildman–Crippen MR) is 344 cm³/mol. The molecule has 0 aromatic heterocycles. The molecule has 0 heterocycles. The van der Waals surface area contributed by atoms with Crippen LogP contribution in [0.3, 0.4) is 0 Å². The number of ether oxygens (including phenoxy) is 3. The molecule has 1 unspecified atom stereocenters. The molecule has 0 aromatic rings. The zero-order chi connectivity index (χ0) is 57.1. The van der Waals surface area contributed by atoms with Crippen LogP contribution >= 0.6 is 0 Å². The van der Waals surface area contributed by atoms with Crippen LogP contribution in [0.1, 0.15) is 329 Å². The highest BCUT2D eigenvalue weighted by atomic mass is 16.6. The van der Waals surface area contributed by atoms with E-state index in [4.69, 9.17) is 14.2 Å². The molecular formula is C73H126O6. The van der Waals surface area contributed by atoms with Crippen molar-refractivity contribution in [3.8, 4) is 0 Å². The van der Waals surface area contributed by atoms with E-state index in [9.17, 15) is 14.4 Å². The summed E-state index contributed by atoms with van der Waals surface area (Å²) in [6, 6.07) is 0. The first-order valence-corrected chi connectivity index (χ1v) is 33.7. The number of carbonyl (C=O) groups is 3. The van der Waals surface area contributed by atoms with Crippen LogP contribution in [0.25, 0.3) is 0 Å².